The van der Waals surface area contributed by atoms with Crippen LogP contribution in [-0.4, -0.2) is 49.7 Å². The Labute approximate surface area is 159 Å². The summed E-state index contributed by atoms with van der Waals surface area (Å²) in [7, 11) is 3.41. The molecule has 0 fully saturated rings. The van der Waals surface area contributed by atoms with Crippen LogP contribution in [0.4, 0.5) is 5.69 Å². The van der Waals surface area contributed by atoms with E-state index in [-0.39, 0.29) is 17.6 Å². The Morgan fingerprint density at radius 1 is 1.26 bits per heavy atom. The lowest BCUT2D eigenvalue weighted by molar-refractivity contribution is -0.113. The average Bonchev–Trinajstić information content (AvgIpc) is 3.31. The quantitative estimate of drug-likeness (QED) is 0.617. The number of aromatic nitrogens is 4. The third kappa shape index (κ3) is 4.94. The summed E-state index contributed by atoms with van der Waals surface area (Å²) in [6, 6.07) is 10.3. The number of carbonyl (C=O) groups excluding carboxylic acids is 2. The summed E-state index contributed by atoms with van der Waals surface area (Å²) in [5.41, 5.74) is 1.14. The van der Waals surface area contributed by atoms with E-state index in [9.17, 15) is 9.59 Å². The molecule has 0 aliphatic rings. The minimum Gasteiger partial charge on any atom is -0.467 e. The van der Waals surface area contributed by atoms with Crippen LogP contribution >= 0.6 is 11.8 Å². The minimum atomic E-state index is -0.183. The van der Waals surface area contributed by atoms with Gasteiger partial charge in [0.15, 0.2) is 0 Å². The summed E-state index contributed by atoms with van der Waals surface area (Å²) in [4.78, 5) is 26.0. The molecule has 0 spiro atoms. The molecule has 27 heavy (non-hydrogen) atoms. The molecule has 3 rings (SSSR count). The zero-order chi connectivity index (χ0) is 19.2. The summed E-state index contributed by atoms with van der Waals surface area (Å²) >= 11 is 1.24. The van der Waals surface area contributed by atoms with Crippen LogP contribution in [0.15, 0.2) is 52.2 Å². The molecule has 0 aliphatic heterocycles. The third-order valence-corrected chi connectivity index (χ3v) is 4.66. The highest BCUT2D eigenvalue weighted by Crippen LogP contribution is 2.15. The molecule has 0 aliphatic carbocycles. The van der Waals surface area contributed by atoms with Gasteiger partial charge in [0.2, 0.25) is 11.1 Å². The maximum atomic E-state index is 12.4. The van der Waals surface area contributed by atoms with Crippen molar-refractivity contribution in [3.63, 3.8) is 0 Å². The van der Waals surface area contributed by atoms with E-state index in [1.165, 1.54) is 16.4 Å². The molecule has 0 unspecified atom stereocenters. The molecule has 1 N–H and O–H groups in total. The van der Waals surface area contributed by atoms with Gasteiger partial charge in [-0.05, 0) is 46.8 Å². The van der Waals surface area contributed by atoms with Gasteiger partial charge in [-0.25, -0.2) is 4.68 Å². The molecule has 9 nitrogen and oxygen atoms in total. The Kier molecular flexibility index (Phi) is 5.87. The summed E-state index contributed by atoms with van der Waals surface area (Å²) in [5.74, 6) is 0.581. The van der Waals surface area contributed by atoms with E-state index in [0.717, 1.165) is 0 Å². The van der Waals surface area contributed by atoms with Gasteiger partial charge in [0.25, 0.3) is 5.91 Å². The van der Waals surface area contributed by atoms with Crippen molar-refractivity contribution in [3.05, 3.63) is 54.0 Å². The van der Waals surface area contributed by atoms with E-state index in [2.05, 4.69) is 20.8 Å². The Morgan fingerprint density at radius 2 is 2.04 bits per heavy atom. The van der Waals surface area contributed by atoms with Crippen molar-refractivity contribution in [2.75, 3.05) is 18.1 Å². The number of rotatable bonds is 7. The highest BCUT2D eigenvalue weighted by molar-refractivity contribution is 7.99. The number of nitrogens with one attached hydrogen (secondary N) is 1. The number of anilines is 1. The summed E-state index contributed by atoms with van der Waals surface area (Å²) in [5, 5.41) is 14.4. The second-order valence-corrected chi connectivity index (χ2v) is 6.68. The van der Waals surface area contributed by atoms with Gasteiger partial charge in [0, 0.05) is 25.3 Å². The van der Waals surface area contributed by atoms with E-state index in [1.54, 1.807) is 55.6 Å². The van der Waals surface area contributed by atoms with Crippen molar-refractivity contribution in [1.82, 2.24) is 25.1 Å². The normalized spacial score (nSPS) is 10.6. The zero-order valence-corrected chi connectivity index (χ0v) is 15.6. The lowest BCUT2D eigenvalue weighted by Crippen LogP contribution is -2.26. The largest absolute Gasteiger partial charge is 0.467 e. The molecule has 2 aromatic heterocycles. The average molecular weight is 386 g/mol. The zero-order valence-electron chi connectivity index (χ0n) is 14.8. The van der Waals surface area contributed by atoms with Gasteiger partial charge in [-0.15, -0.1) is 5.10 Å². The second-order valence-electron chi connectivity index (χ2n) is 5.74. The monoisotopic (exact) mass is 386 g/mol. The second kappa shape index (κ2) is 8.49. The molecular formula is C17H18N6O3S. The molecule has 3 aromatic rings. The lowest BCUT2D eigenvalue weighted by atomic mass is 10.2. The van der Waals surface area contributed by atoms with Crippen molar-refractivity contribution >= 4 is 29.3 Å². The summed E-state index contributed by atoms with van der Waals surface area (Å²) in [6.07, 6.45) is 1.57. The predicted octanol–water partition coefficient (Wildman–Crippen LogP) is 1.81. The van der Waals surface area contributed by atoms with Gasteiger partial charge >= 0.3 is 0 Å². The van der Waals surface area contributed by atoms with Gasteiger partial charge < -0.3 is 14.6 Å². The molecule has 0 saturated carbocycles. The topological polar surface area (TPSA) is 106 Å². The summed E-state index contributed by atoms with van der Waals surface area (Å²) in [6.45, 7) is 0.387. The number of amides is 2. The first-order chi connectivity index (χ1) is 13.0. The SMILES string of the molecule is CN(Cc1ccco1)C(=O)c1ccc(NC(=O)CSc2nnnn2C)cc1. The minimum absolute atomic E-state index is 0.130. The fourth-order valence-electron chi connectivity index (χ4n) is 2.30. The number of nitrogens with zero attached hydrogens (tertiary/aromatic N) is 5. The highest BCUT2D eigenvalue weighted by atomic mass is 32.2. The van der Waals surface area contributed by atoms with Crippen LogP contribution in [0.3, 0.4) is 0 Å². The first-order valence-corrected chi connectivity index (χ1v) is 9.04. The molecule has 2 heterocycles. The number of aryl methyl sites for hydroxylation is 1. The number of hydrogen-bond donors (Lipinski definition) is 1. The molecule has 0 atom stereocenters. The number of carbonyl (C=O) groups is 2. The summed E-state index contributed by atoms with van der Waals surface area (Å²) < 4.78 is 6.75. The van der Waals surface area contributed by atoms with E-state index in [1.807, 2.05) is 6.07 Å². The number of hydrogen-bond acceptors (Lipinski definition) is 7. The Balaban J connectivity index is 1.52. The van der Waals surface area contributed by atoms with Crippen molar-refractivity contribution in [2.24, 2.45) is 7.05 Å². The van der Waals surface area contributed by atoms with Crippen LogP contribution in [0.1, 0.15) is 16.1 Å². The van der Waals surface area contributed by atoms with E-state index >= 15 is 0 Å². The fourth-order valence-corrected chi connectivity index (χ4v) is 2.95. The van der Waals surface area contributed by atoms with Gasteiger partial charge in [-0.1, -0.05) is 11.8 Å². The molecule has 0 radical (unpaired) electrons. The molecular weight excluding hydrogens is 368 g/mol. The van der Waals surface area contributed by atoms with Gasteiger partial charge in [-0.3, -0.25) is 9.59 Å². The van der Waals surface area contributed by atoms with Gasteiger partial charge in [-0.2, -0.15) is 0 Å². The number of furan rings is 1. The maximum absolute atomic E-state index is 12.4. The Hall–Kier alpha value is -3.14. The number of tetrazole rings is 1. The standard InChI is InChI=1S/C17H18N6O3S/c1-22(10-14-4-3-9-26-14)16(25)12-5-7-13(8-6-12)18-15(24)11-27-17-19-20-21-23(17)2/h3-9H,10-11H2,1-2H3,(H,18,24). The highest BCUT2D eigenvalue weighted by Gasteiger charge is 2.14. The van der Waals surface area contributed by atoms with Crippen LogP contribution in [-0.2, 0) is 18.4 Å². The van der Waals surface area contributed by atoms with Crippen LogP contribution in [0.5, 0.6) is 0 Å². The number of benzene rings is 1. The van der Waals surface area contributed by atoms with Crippen LogP contribution in [0, 0.1) is 0 Å². The van der Waals surface area contributed by atoms with E-state index in [4.69, 9.17) is 4.42 Å². The molecule has 2 amide bonds. The first-order valence-electron chi connectivity index (χ1n) is 8.06. The van der Waals surface area contributed by atoms with Crippen molar-refractivity contribution < 1.29 is 14.0 Å². The van der Waals surface area contributed by atoms with Gasteiger partial charge in [0.05, 0.1) is 18.6 Å². The molecule has 10 heteroatoms. The maximum Gasteiger partial charge on any atom is 0.254 e. The van der Waals surface area contributed by atoms with Crippen molar-refractivity contribution in [3.8, 4) is 0 Å². The van der Waals surface area contributed by atoms with E-state index < -0.39 is 0 Å². The fraction of sp³-hybridized carbons (Fsp3) is 0.235. The molecule has 1 aromatic carbocycles. The number of thioether (sulfide) groups is 1. The smallest absolute Gasteiger partial charge is 0.254 e. The lowest BCUT2D eigenvalue weighted by Gasteiger charge is -2.16. The van der Waals surface area contributed by atoms with Gasteiger partial charge in [0.1, 0.15) is 5.76 Å². The first kappa shape index (κ1) is 18.6. The molecule has 0 bridgehead atoms. The predicted molar refractivity (Wildman–Crippen MR) is 99.1 cm³/mol. The molecule has 140 valence electrons. The Morgan fingerprint density at radius 3 is 2.67 bits per heavy atom. The Bertz CT molecular complexity index is 907. The van der Waals surface area contributed by atoms with E-state index in [0.29, 0.717) is 28.7 Å². The van der Waals surface area contributed by atoms with Crippen LogP contribution in [0.25, 0.3) is 0 Å². The van der Waals surface area contributed by atoms with Crippen LogP contribution < -0.4 is 5.32 Å². The molecule has 0 saturated heterocycles. The van der Waals surface area contributed by atoms with Crippen molar-refractivity contribution in [1.29, 1.82) is 0 Å². The van der Waals surface area contributed by atoms with Crippen LogP contribution in [0.2, 0.25) is 0 Å². The van der Waals surface area contributed by atoms with Crippen molar-refractivity contribution in [2.45, 2.75) is 11.7 Å². The third-order valence-electron chi connectivity index (χ3n) is 3.65.